The molecule has 0 spiro atoms. The normalized spacial score (nSPS) is 16.1. The van der Waals surface area contributed by atoms with Crippen LogP contribution in [0.2, 0.25) is 0 Å². The molecule has 1 aliphatic rings. The van der Waals surface area contributed by atoms with E-state index in [0.717, 1.165) is 35.2 Å². The van der Waals surface area contributed by atoms with E-state index in [4.69, 9.17) is 5.73 Å². The van der Waals surface area contributed by atoms with E-state index in [1.165, 1.54) is 17.2 Å². The molecular formula is C30H33NO3. The predicted molar refractivity (Wildman–Crippen MR) is 138 cm³/mol. The number of benzene rings is 3. The molecule has 3 aromatic carbocycles. The Labute approximate surface area is 201 Å². The maximum atomic E-state index is 13.1. The van der Waals surface area contributed by atoms with E-state index in [0.29, 0.717) is 16.7 Å². The molecule has 0 aromatic heterocycles. The van der Waals surface area contributed by atoms with Gasteiger partial charge in [0.05, 0.1) is 5.56 Å². The molecule has 0 aliphatic heterocycles. The highest BCUT2D eigenvalue weighted by molar-refractivity contribution is 6.11. The first-order valence-electron chi connectivity index (χ1n) is 11.8. The van der Waals surface area contributed by atoms with Crippen LogP contribution < -0.4 is 5.73 Å². The fourth-order valence-electron chi connectivity index (χ4n) is 5.32. The topological polar surface area (TPSA) is 80.4 Å². The van der Waals surface area contributed by atoms with Crippen LogP contribution in [0, 0.1) is 13.8 Å². The maximum Gasteiger partial charge on any atom is 0.335 e. The molecule has 0 radical (unpaired) electrons. The predicted octanol–water partition coefficient (Wildman–Crippen LogP) is 6.83. The first-order valence-corrected chi connectivity index (χ1v) is 11.8. The summed E-state index contributed by atoms with van der Waals surface area (Å²) < 4.78 is 0. The summed E-state index contributed by atoms with van der Waals surface area (Å²) in [5.74, 6) is -1.22. The van der Waals surface area contributed by atoms with Crippen LogP contribution >= 0.6 is 0 Å². The second-order valence-corrected chi connectivity index (χ2v) is 10.8. The van der Waals surface area contributed by atoms with Crippen LogP contribution in [-0.2, 0) is 10.8 Å². The van der Waals surface area contributed by atoms with E-state index >= 15 is 0 Å². The highest BCUT2D eigenvalue weighted by Gasteiger charge is 2.39. The zero-order valence-corrected chi connectivity index (χ0v) is 20.9. The van der Waals surface area contributed by atoms with Crippen molar-refractivity contribution >= 4 is 17.4 Å². The van der Waals surface area contributed by atoms with E-state index in [-0.39, 0.29) is 22.2 Å². The van der Waals surface area contributed by atoms with Crippen molar-refractivity contribution in [3.63, 3.8) is 0 Å². The second kappa shape index (κ2) is 8.12. The molecule has 4 rings (SSSR count). The SMILES string of the molecule is Cc1c(C(=O)O)cccc1C(=O)c1ccc(-c2cc3c(c(N)c2C)C(C)(C)CCC3(C)C)cc1. The van der Waals surface area contributed by atoms with Gasteiger partial charge >= 0.3 is 5.97 Å². The minimum absolute atomic E-state index is 0.0385. The number of ketones is 1. The molecule has 3 aromatic rings. The molecule has 0 saturated heterocycles. The highest BCUT2D eigenvalue weighted by Crippen LogP contribution is 2.50. The smallest absolute Gasteiger partial charge is 0.335 e. The van der Waals surface area contributed by atoms with Crippen molar-refractivity contribution in [2.75, 3.05) is 5.73 Å². The summed E-state index contributed by atoms with van der Waals surface area (Å²) >= 11 is 0. The van der Waals surface area contributed by atoms with Gasteiger partial charge in [-0.25, -0.2) is 4.79 Å². The molecule has 0 fully saturated rings. The number of nitrogen functional groups attached to an aromatic ring is 1. The summed E-state index contributed by atoms with van der Waals surface area (Å²) in [5, 5.41) is 9.39. The molecule has 1 aliphatic carbocycles. The zero-order chi connectivity index (χ0) is 25.0. The van der Waals surface area contributed by atoms with Crippen molar-refractivity contribution in [2.24, 2.45) is 0 Å². The molecular weight excluding hydrogens is 422 g/mol. The molecule has 176 valence electrons. The number of rotatable bonds is 4. The summed E-state index contributed by atoms with van der Waals surface area (Å²) in [6, 6.07) is 14.6. The number of aromatic carboxylic acids is 1. The third kappa shape index (κ3) is 3.81. The van der Waals surface area contributed by atoms with Gasteiger partial charge in [0.1, 0.15) is 0 Å². The number of anilines is 1. The molecule has 4 heteroatoms. The van der Waals surface area contributed by atoms with Crippen molar-refractivity contribution in [1.82, 2.24) is 0 Å². The lowest BCUT2D eigenvalue weighted by atomic mass is 9.62. The number of carboxylic acid groups (broad SMARTS) is 1. The first-order chi connectivity index (χ1) is 15.8. The van der Waals surface area contributed by atoms with Gasteiger partial charge in [-0.2, -0.15) is 0 Å². The molecule has 0 atom stereocenters. The van der Waals surface area contributed by atoms with Crippen LogP contribution in [0.15, 0.2) is 48.5 Å². The van der Waals surface area contributed by atoms with Gasteiger partial charge in [-0.1, -0.05) is 64.1 Å². The Kier molecular flexibility index (Phi) is 5.67. The summed E-state index contributed by atoms with van der Waals surface area (Å²) in [6.45, 7) is 12.9. The average Bonchev–Trinajstić information content (AvgIpc) is 2.78. The van der Waals surface area contributed by atoms with Crippen molar-refractivity contribution in [3.8, 4) is 11.1 Å². The Hall–Kier alpha value is -3.40. The fraction of sp³-hybridized carbons (Fsp3) is 0.333. The van der Waals surface area contributed by atoms with Crippen molar-refractivity contribution in [1.29, 1.82) is 0 Å². The van der Waals surface area contributed by atoms with Gasteiger partial charge in [0.2, 0.25) is 0 Å². The van der Waals surface area contributed by atoms with Crippen LogP contribution in [-0.4, -0.2) is 16.9 Å². The Bertz CT molecular complexity index is 1310. The van der Waals surface area contributed by atoms with Crippen molar-refractivity contribution in [3.05, 3.63) is 87.5 Å². The third-order valence-electron chi connectivity index (χ3n) is 7.68. The number of hydrogen-bond donors (Lipinski definition) is 2. The van der Waals surface area contributed by atoms with E-state index in [2.05, 4.69) is 40.7 Å². The highest BCUT2D eigenvalue weighted by atomic mass is 16.4. The van der Waals surface area contributed by atoms with Crippen LogP contribution in [0.5, 0.6) is 0 Å². The number of nitrogens with two attached hydrogens (primary N) is 1. The lowest BCUT2D eigenvalue weighted by Gasteiger charge is -2.43. The van der Waals surface area contributed by atoms with Gasteiger partial charge in [-0.15, -0.1) is 0 Å². The summed E-state index contributed by atoms with van der Waals surface area (Å²) in [5.41, 5.74) is 15.0. The lowest BCUT2D eigenvalue weighted by molar-refractivity contribution is 0.0696. The molecule has 3 N–H and O–H groups in total. The Morgan fingerprint density at radius 1 is 0.853 bits per heavy atom. The Morgan fingerprint density at radius 2 is 1.44 bits per heavy atom. The van der Waals surface area contributed by atoms with Crippen LogP contribution in [0.4, 0.5) is 5.69 Å². The molecule has 0 heterocycles. The molecule has 4 nitrogen and oxygen atoms in total. The van der Waals surface area contributed by atoms with Gasteiger partial charge in [0, 0.05) is 16.8 Å². The van der Waals surface area contributed by atoms with E-state index < -0.39 is 5.97 Å². The lowest BCUT2D eigenvalue weighted by Crippen LogP contribution is -2.35. The number of carbonyl (C=O) groups excluding carboxylic acids is 1. The Balaban J connectivity index is 1.76. The molecule has 0 amide bonds. The Morgan fingerprint density at radius 3 is 2.06 bits per heavy atom. The van der Waals surface area contributed by atoms with Crippen LogP contribution in [0.1, 0.15) is 89.1 Å². The molecule has 0 saturated carbocycles. The van der Waals surface area contributed by atoms with E-state index in [1.807, 2.05) is 24.3 Å². The summed E-state index contributed by atoms with van der Waals surface area (Å²) in [6.07, 6.45) is 2.21. The monoisotopic (exact) mass is 455 g/mol. The maximum absolute atomic E-state index is 13.1. The fourth-order valence-corrected chi connectivity index (χ4v) is 5.32. The van der Waals surface area contributed by atoms with Gasteiger partial charge < -0.3 is 10.8 Å². The first kappa shape index (κ1) is 23.7. The zero-order valence-electron chi connectivity index (χ0n) is 20.9. The van der Waals surface area contributed by atoms with Gasteiger partial charge in [0.15, 0.2) is 5.78 Å². The van der Waals surface area contributed by atoms with Crippen molar-refractivity contribution < 1.29 is 14.7 Å². The second-order valence-electron chi connectivity index (χ2n) is 10.8. The molecule has 0 unspecified atom stereocenters. The average molecular weight is 456 g/mol. The largest absolute Gasteiger partial charge is 0.478 e. The third-order valence-corrected chi connectivity index (χ3v) is 7.68. The van der Waals surface area contributed by atoms with Gasteiger partial charge in [0.25, 0.3) is 0 Å². The number of hydrogen-bond acceptors (Lipinski definition) is 3. The van der Waals surface area contributed by atoms with Crippen LogP contribution in [0.3, 0.4) is 0 Å². The number of carbonyl (C=O) groups is 2. The molecule has 0 bridgehead atoms. The van der Waals surface area contributed by atoms with Gasteiger partial charge in [-0.05, 0) is 83.0 Å². The van der Waals surface area contributed by atoms with Crippen molar-refractivity contribution in [2.45, 2.75) is 65.2 Å². The summed E-state index contributed by atoms with van der Waals surface area (Å²) in [4.78, 5) is 24.6. The van der Waals surface area contributed by atoms with Gasteiger partial charge in [-0.3, -0.25) is 4.79 Å². The summed E-state index contributed by atoms with van der Waals surface area (Å²) in [7, 11) is 0. The number of fused-ring (bicyclic) bond motifs is 1. The van der Waals surface area contributed by atoms with Crippen LogP contribution in [0.25, 0.3) is 11.1 Å². The minimum Gasteiger partial charge on any atom is -0.478 e. The minimum atomic E-state index is -1.03. The quantitative estimate of drug-likeness (QED) is 0.334. The standard InChI is InChI=1S/C30H33NO3/c1-17-21(8-7-9-22(17)28(33)34)27(32)20-12-10-19(11-13-20)23-16-24-25(26(31)18(23)2)30(5,6)15-14-29(24,3)4/h7-13,16H,14-15,31H2,1-6H3,(H,33,34). The number of carboxylic acids is 1. The van der Waals surface area contributed by atoms with E-state index in [1.54, 1.807) is 19.1 Å². The molecule has 34 heavy (non-hydrogen) atoms. The van der Waals surface area contributed by atoms with E-state index in [9.17, 15) is 14.7 Å².